The average molecular weight is 227 g/mol. The topological polar surface area (TPSA) is 35.0 Å². The fourth-order valence-corrected chi connectivity index (χ4v) is 0.951. The molecule has 0 atom stereocenters. The first-order valence-corrected chi connectivity index (χ1v) is 3.95. The van der Waals surface area contributed by atoms with Crippen LogP contribution in [0.5, 0.6) is 5.88 Å². The number of hydrogen-bond acceptors (Lipinski definition) is 3. The smallest absolute Gasteiger partial charge is 0.422 e. The van der Waals surface area contributed by atoms with Crippen LogP contribution in [0.2, 0.25) is 5.15 Å². The molecule has 1 rings (SSSR count). The van der Waals surface area contributed by atoms with Gasteiger partial charge in [-0.05, 0) is 6.92 Å². The van der Waals surface area contributed by atoms with E-state index >= 15 is 0 Å². The van der Waals surface area contributed by atoms with E-state index in [9.17, 15) is 13.2 Å². The molecule has 0 radical (unpaired) electrons. The number of nitrogens with zero attached hydrogens (tertiary/aromatic N) is 2. The molecule has 0 aliphatic carbocycles. The van der Waals surface area contributed by atoms with Gasteiger partial charge in [-0.1, -0.05) is 11.6 Å². The molecule has 0 saturated carbocycles. The summed E-state index contributed by atoms with van der Waals surface area (Å²) < 4.78 is 39.6. The number of ether oxygens (including phenoxy) is 1. The van der Waals surface area contributed by atoms with Crippen LogP contribution in [0.4, 0.5) is 13.2 Å². The molecule has 0 aliphatic rings. The number of aryl methyl sites for hydroxylation is 1. The molecule has 0 aliphatic heterocycles. The van der Waals surface area contributed by atoms with Gasteiger partial charge in [0.15, 0.2) is 6.61 Å². The molecule has 0 spiro atoms. The highest BCUT2D eigenvalue weighted by Gasteiger charge is 2.28. The molecule has 7 heteroatoms. The van der Waals surface area contributed by atoms with Crippen LogP contribution in [-0.2, 0) is 0 Å². The van der Waals surface area contributed by atoms with Gasteiger partial charge < -0.3 is 4.74 Å². The Morgan fingerprint density at radius 3 is 2.57 bits per heavy atom. The van der Waals surface area contributed by atoms with E-state index in [1.807, 2.05) is 0 Å². The monoisotopic (exact) mass is 226 g/mol. The van der Waals surface area contributed by atoms with Crippen LogP contribution < -0.4 is 4.74 Å². The van der Waals surface area contributed by atoms with Crippen molar-refractivity contribution in [2.45, 2.75) is 13.1 Å². The summed E-state index contributed by atoms with van der Waals surface area (Å²) in [6.07, 6.45) is -4.38. The lowest BCUT2D eigenvalue weighted by Crippen LogP contribution is -2.19. The van der Waals surface area contributed by atoms with Crippen LogP contribution >= 0.6 is 11.6 Å². The lowest BCUT2D eigenvalue weighted by atomic mass is 10.5. The quantitative estimate of drug-likeness (QED) is 0.727. The van der Waals surface area contributed by atoms with Gasteiger partial charge >= 0.3 is 6.18 Å². The Bertz CT molecular complexity index is 309. The maximum atomic E-state index is 11.7. The van der Waals surface area contributed by atoms with Crippen LogP contribution in [0, 0.1) is 6.92 Å². The third-order valence-electron chi connectivity index (χ3n) is 1.17. The SMILES string of the molecule is Cc1nc(Cl)cc(OCC(F)(F)F)n1. The second-order valence-electron chi connectivity index (χ2n) is 2.48. The zero-order chi connectivity index (χ0) is 10.8. The van der Waals surface area contributed by atoms with Crippen LogP contribution in [0.25, 0.3) is 0 Å². The van der Waals surface area contributed by atoms with E-state index in [-0.39, 0.29) is 16.9 Å². The summed E-state index contributed by atoms with van der Waals surface area (Å²) >= 11 is 5.49. The molecule has 0 aromatic carbocycles. The summed E-state index contributed by atoms with van der Waals surface area (Å²) in [5, 5.41) is 0.0506. The molecule has 14 heavy (non-hydrogen) atoms. The Hall–Kier alpha value is -1.04. The van der Waals surface area contributed by atoms with Crippen molar-refractivity contribution in [1.29, 1.82) is 0 Å². The predicted octanol–water partition coefficient (Wildman–Crippen LogP) is 2.38. The van der Waals surface area contributed by atoms with Gasteiger partial charge in [0.1, 0.15) is 11.0 Å². The minimum atomic E-state index is -4.38. The number of alkyl halides is 3. The van der Waals surface area contributed by atoms with Gasteiger partial charge in [0, 0.05) is 6.07 Å². The van der Waals surface area contributed by atoms with Gasteiger partial charge in [-0.3, -0.25) is 0 Å². The van der Waals surface area contributed by atoms with Gasteiger partial charge in [-0.15, -0.1) is 0 Å². The Morgan fingerprint density at radius 2 is 2.07 bits per heavy atom. The number of rotatable bonds is 2. The second-order valence-corrected chi connectivity index (χ2v) is 2.87. The summed E-state index contributed by atoms with van der Waals surface area (Å²) in [6.45, 7) is 0.117. The molecule has 0 unspecified atom stereocenters. The molecule has 1 aromatic rings. The van der Waals surface area contributed by atoms with Gasteiger partial charge in [0.25, 0.3) is 0 Å². The fourth-order valence-electron chi connectivity index (χ4n) is 0.735. The molecule has 0 saturated heterocycles. The van der Waals surface area contributed by atoms with Gasteiger partial charge in [0.05, 0.1) is 0 Å². The summed E-state index contributed by atoms with van der Waals surface area (Å²) in [5.74, 6) is 0.0782. The van der Waals surface area contributed by atoms with Crippen LogP contribution in [-0.4, -0.2) is 22.8 Å². The highest BCUT2D eigenvalue weighted by Crippen LogP contribution is 2.18. The first kappa shape index (κ1) is 11.0. The molecule has 0 bridgehead atoms. The average Bonchev–Trinajstić information content (AvgIpc) is 1.97. The maximum absolute atomic E-state index is 11.7. The number of hydrogen-bond donors (Lipinski definition) is 0. The summed E-state index contributed by atoms with van der Waals surface area (Å²) in [6, 6.07) is 1.13. The van der Waals surface area contributed by atoms with E-state index in [0.717, 1.165) is 6.07 Å². The van der Waals surface area contributed by atoms with Crippen molar-refractivity contribution in [1.82, 2.24) is 9.97 Å². The maximum Gasteiger partial charge on any atom is 0.422 e. The van der Waals surface area contributed by atoms with Crippen molar-refractivity contribution in [3.8, 4) is 5.88 Å². The number of halogens is 4. The Morgan fingerprint density at radius 1 is 1.43 bits per heavy atom. The third-order valence-corrected chi connectivity index (χ3v) is 1.36. The van der Waals surface area contributed by atoms with Gasteiger partial charge in [0.2, 0.25) is 5.88 Å². The Kier molecular flexibility index (Phi) is 3.15. The normalized spacial score (nSPS) is 11.5. The molecule has 0 N–H and O–H groups in total. The standard InChI is InChI=1S/C7H6ClF3N2O/c1-4-12-5(8)2-6(13-4)14-3-7(9,10)11/h2H,3H2,1H3. The lowest BCUT2D eigenvalue weighted by molar-refractivity contribution is -0.154. The van der Waals surface area contributed by atoms with Crippen molar-refractivity contribution < 1.29 is 17.9 Å². The van der Waals surface area contributed by atoms with Crippen LogP contribution in [0.15, 0.2) is 6.07 Å². The van der Waals surface area contributed by atoms with E-state index in [0.29, 0.717) is 0 Å². The molecule has 3 nitrogen and oxygen atoms in total. The van der Waals surface area contributed by atoms with Crippen LogP contribution in [0.3, 0.4) is 0 Å². The minimum Gasteiger partial charge on any atom is -0.468 e. The van der Waals surface area contributed by atoms with E-state index in [1.165, 1.54) is 6.92 Å². The van der Waals surface area contributed by atoms with Gasteiger partial charge in [-0.25, -0.2) is 4.98 Å². The van der Waals surface area contributed by atoms with Crippen molar-refractivity contribution in [2.24, 2.45) is 0 Å². The Balaban J connectivity index is 2.68. The highest BCUT2D eigenvalue weighted by molar-refractivity contribution is 6.29. The lowest BCUT2D eigenvalue weighted by Gasteiger charge is -2.08. The van der Waals surface area contributed by atoms with Gasteiger partial charge in [-0.2, -0.15) is 18.2 Å². The fraction of sp³-hybridized carbons (Fsp3) is 0.429. The first-order chi connectivity index (χ1) is 6.37. The summed E-state index contributed by atoms with van der Waals surface area (Å²) in [7, 11) is 0. The predicted molar refractivity (Wildman–Crippen MR) is 43.3 cm³/mol. The largest absolute Gasteiger partial charge is 0.468 e. The van der Waals surface area contributed by atoms with Crippen molar-refractivity contribution in [3.63, 3.8) is 0 Å². The minimum absolute atomic E-state index is 0.0506. The molecule has 0 amide bonds. The molecular weight excluding hydrogens is 221 g/mol. The molecule has 1 aromatic heterocycles. The Labute approximate surface area is 82.9 Å². The molecular formula is C7H6ClF3N2O. The number of aromatic nitrogens is 2. The molecule has 0 fully saturated rings. The zero-order valence-electron chi connectivity index (χ0n) is 7.10. The van der Waals surface area contributed by atoms with E-state index in [2.05, 4.69) is 14.7 Å². The molecule has 1 heterocycles. The van der Waals surface area contributed by atoms with Crippen LogP contribution in [0.1, 0.15) is 5.82 Å². The molecule has 78 valence electrons. The summed E-state index contributed by atoms with van der Waals surface area (Å²) in [4.78, 5) is 7.29. The highest BCUT2D eigenvalue weighted by atomic mass is 35.5. The van der Waals surface area contributed by atoms with Crippen molar-refractivity contribution in [3.05, 3.63) is 17.0 Å². The van der Waals surface area contributed by atoms with E-state index in [1.54, 1.807) is 0 Å². The third kappa shape index (κ3) is 3.78. The van der Waals surface area contributed by atoms with Crippen molar-refractivity contribution >= 4 is 11.6 Å². The first-order valence-electron chi connectivity index (χ1n) is 3.57. The summed E-state index contributed by atoms with van der Waals surface area (Å²) in [5.41, 5.74) is 0. The van der Waals surface area contributed by atoms with E-state index < -0.39 is 12.8 Å². The van der Waals surface area contributed by atoms with E-state index in [4.69, 9.17) is 11.6 Å². The zero-order valence-corrected chi connectivity index (χ0v) is 7.85. The van der Waals surface area contributed by atoms with Crippen molar-refractivity contribution in [2.75, 3.05) is 6.61 Å². The second kappa shape index (κ2) is 4.00.